The Morgan fingerprint density at radius 3 is 2.43 bits per heavy atom. The molecule has 1 aromatic carbocycles. The van der Waals surface area contributed by atoms with Crippen LogP contribution in [-0.4, -0.2) is 10.1 Å². The highest BCUT2D eigenvalue weighted by Gasteiger charge is 2.17. The van der Waals surface area contributed by atoms with Crippen LogP contribution in [0.4, 0.5) is 0 Å². The highest BCUT2D eigenvalue weighted by atomic mass is 16.5. The molecule has 4 heteroatoms. The number of benzene rings is 1. The van der Waals surface area contributed by atoms with Crippen molar-refractivity contribution in [1.29, 1.82) is 0 Å². The Kier molecular flexibility index (Phi) is 3.74. The molecule has 23 heavy (non-hydrogen) atoms. The van der Waals surface area contributed by atoms with E-state index in [1.54, 1.807) is 0 Å². The zero-order chi connectivity index (χ0) is 15.6. The summed E-state index contributed by atoms with van der Waals surface area (Å²) < 4.78 is 10.9. The van der Waals surface area contributed by atoms with Crippen molar-refractivity contribution in [3.05, 3.63) is 47.7 Å². The highest BCUT2D eigenvalue weighted by Crippen LogP contribution is 2.33. The van der Waals surface area contributed by atoms with Crippen molar-refractivity contribution in [3.63, 3.8) is 0 Å². The molecule has 1 fully saturated rings. The molecule has 1 saturated carbocycles. The molecule has 1 aliphatic carbocycles. The van der Waals surface area contributed by atoms with E-state index in [0.29, 0.717) is 23.4 Å². The third-order valence-electron chi connectivity index (χ3n) is 4.62. The van der Waals surface area contributed by atoms with Crippen LogP contribution in [0.25, 0.3) is 23.0 Å². The van der Waals surface area contributed by atoms with Crippen molar-refractivity contribution in [2.45, 2.75) is 44.9 Å². The van der Waals surface area contributed by atoms with Crippen molar-refractivity contribution in [3.8, 4) is 23.0 Å². The van der Waals surface area contributed by atoms with Crippen LogP contribution in [0.2, 0.25) is 0 Å². The summed E-state index contributed by atoms with van der Waals surface area (Å²) in [5, 5.41) is 4.01. The standard InChI is InChI=1S/C19H20N2O2/c1-13-7-12-17(22-13)18-20-19(23-21-18)16-10-8-15(9-11-16)14-5-3-2-4-6-14/h7-12,14H,2-6H2,1H3. The van der Waals surface area contributed by atoms with E-state index in [1.807, 2.05) is 19.1 Å². The van der Waals surface area contributed by atoms with Crippen LogP contribution in [0.15, 0.2) is 45.3 Å². The number of aryl methyl sites for hydroxylation is 1. The van der Waals surface area contributed by atoms with E-state index in [0.717, 1.165) is 11.3 Å². The van der Waals surface area contributed by atoms with Crippen LogP contribution in [0.3, 0.4) is 0 Å². The van der Waals surface area contributed by atoms with Crippen molar-refractivity contribution in [1.82, 2.24) is 10.1 Å². The molecule has 3 aromatic rings. The Morgan fingerprint density at radius 2 is 1.74 bits per heavy atom. The van der Waals surface area contributed by atoms with Gasteiger partial charge in [0.05, 0.1) is 0 Å². The summed E-state index contributed by atoms with van der Waals surface area (Å²) in [7, 11) is 0. The van der Waals surface area contributed by atoms with Gasteiger partial charge in [-0.05, 0) is 55.5 Å². The maximum atomic E-state index is 5.53. The summed E-state index contributed by atoms with van der Waals surface area (Å²) >= 11 is 0. The van der Waals surface area contributed by atoms with E-state index in [4.69, 9.17) is 8.94 Å². The van der Waals surface area contributed by atoms with Gasteiger partial charge in [-0.3, -0.25) is 0 Å². The predicted molar refractivity (Wildman–Crippen MR) is 88.0 cm³/mol. The first-order chi connectivity index (χ1) is 11.3. The highest BCUT2D eigenvalue weighted by molar-refractivity contribution is 5.57. The van der Waals surface area contributed by atoms with E-state index in [2.05, 4.69) is 34.4 Å². The fourth-order valence-electron chi connectivity index (χ4n) is 3.33. The fraction of sp³-hybridized carbons (Fsp3) is 0.368. The zero-order valence-corrected chi connectivity index (χ0v) is 13.3. The quantitative estimate of drug-likeness (QED) is 0.654. The van der Waals surface area contributed by atoms with Gasteiger partial charge in [-0.25, -0.2) is 0 Å². The lowest BCUT2D eigenvalue weighted by Gasteiger charge is -2.21. The summed E-state index contributed by atoms with van der Waals surface area (Å²) in [6, 6.07) is 12.3. The molecule has 4 rings (SSSR count). The average Bonchev–Trinajstić information content (AvgIpc) is 3.25. The molecule has 0 atom stereocenters. The predicted octanol–water partition coefficient (Wildman–Crippen LogP) is 5.35. The third-order valence-corrected chi connectivity index (χ3v) is 4.62. The number of hydrogen-bond donors (Lipinski definition) is 0. The van der Waals surface area contributed by atoms with Crippen LogP contribution >= 0.6 is 0 Å². The first kappa shape index (κ1) is 14.2. The fourth-order valence-corrected chi connectivity index (χ4v) is 3.33. The van der Waals surface area contributed by atoms with Gasteiger partial charge in [0, 0.05) is 5.56 Å². The molecule has 2 aromatic heterocycles. The van der Waals surface area contributed by atoms with Gasteiger partial charge in [0.2, 0.25) is 5.82 Å². The zero-order valence-electron chi connectivity index (χ0n) is 13.3. The molecule has 2 heterocycles. The van der Waals surface area contributed by atoms with Gasteiger partial charge in [0.25, 0.3) is 5.89 Å². The van der Waals surface area contributed by atoms with Gasteiger partial charge in [-0.1, -0.05) is 36.6 Å². The average molecular weight is 308 g/mol. The minimum atomic E-state index is 0.490. The molecular formula is C19H20N2O2. The second-order valence-corrected chi connectivity index (χ2v) is 6.29. The first-order valence-electron chi connectivity index (χ1n) is 8.30. The van der Waals surface area contributed by atoms with Crippen molar-refractivity contribution in [2.75, 3.05) is 0 Å². The summed E-state index contributed by atoms with van der Waals surface area (Å²) in [6.07, 6.45) is 6.69. The topological polar surface area (TPSA) is 52.1 Å². The number of aromatic nitrogens is 2. The SMILES string of the molecule is Cc1ccc(-c2noc(-c3ccc(C4CCCCC4)cc3)n2)o1. The molecule has 1 aliphatic rings. The van der Waals surface area contributed by atoms with Crippen molar-refractivity contribution < 1.29 is 8.94 Å². The molecule has 0 spiro atoms. The van der Waals surface area contributed by atoms with E-state index in [1.165, 1.54) is 37.7 Å². The Labute approximate surface area is 135 Å². The monoisotopic (exact) mass is 308 g/mol. The number of furan rings is 1. The van der Waals surface area contributed by atoms with Crippen LogP contribution in [0.1, 0.15) is 49.3 Å². The maximum Gasteiger partial charge on any atom is 0.258 e. The summed E-state index contributed by atoms with van der Waals surface area (Å²) in [5.74, 6) is 3.20. The largest absolute Gasteiger partial charge is 0.458 e. The maximum absolute atomic E-state index is 5.53. The van der Waals surface area contributed by atoms with Gasteiger partial charge in [-0.2, -0.15) is 4.98 Å². The molecule has 0 N–H and O–H groups in total. The van der Waals surface area contributed by atoms with Crippen molar-refractivity contribution in [2.24, 2.45) is 0 Å². The number of rotatable bonds is 3. The number of nitrogens with zero attached hydrogens (tertiary/aromatic N) is 2. The van der Waals surface area contributed by atoms with Crippen LogP contribution in [0.5, 0.6) is 0 Å². The van der Waals surface area contributed by atoms with E-state index in [-0.39, 0.29) is 0 Å². The lowest BCUT2D eigenvalue weighted by Crippen LogP contribution is -2.04. The Morgan fingerprint density at radius 1 is 0.957 bits per heavy atom. The molecule has 0 aliphatic heterocycles. The van der Waals surface area contributed by atoms with Crippen molar-refractivity contribution >= 4 is 0 Å². The molecule has 0 bridgehead atoms. The van der Waals surface area contributed by atoms with Gasteiger partial charge in [0.15, 0.2) is 5.76 Å². The van der Waals surface area contributed by atoms with Crippen LogP contribution < -0.4 is 0 Å². The molecule has 0 amide bonds. The second-order valence-electron chi connectivity index (χ2n) is 6.29. The smallest absolute Gasteiger partial charge is 0.258 e. The second kappa shape index (κ2) is 6.03. The van der Waals surface area contributed by atoms with E-state index >= 15 is 0 Å². The Hall–Kier alpha value is -2.36. The molecular weight excluding hydrogens is 288 g/mol. The third kappa shape index (κ3) is 2.93. The van der Waals surface area contributed by atoms with Gasteiger partial charge in [0.1, 0.15) is 5.76 Å². The first-order valence-corrected chi connectivity index (χ1v) is 8.30. The van der Waals surface area contributed by atoms with E-state index in [9.17, 15) is 0 Å². The minimum absolute atomic E-state index is 0.490. The molecule has 0 unspecified atom stereocenters. The number of hydrogen-bond acceptors (Lipinski definition) is 4. The summed E-state index contributed by atoms with van der Waals surface area (Å²) in [6.45, 7) is 1.90. The minimum Gasteiger partial charge on any atom is -0.458 e. The van der Waals surface area contributed by atoms with Crippen LogP contribution in [-0.2, 0) is 0 Å². The molecule has 0 saturated heterocycles. The molecule has 4 nitrogen and oxygen atoms in total. The van der Waals surface area contributed by atoms with Crippen LogP contribution in [0, 0.1) is 6.92 Å². The molecule has 118 valence electrons. The Balaban J connectivity index is 1.55. The van der Waals surface area contributed by atoms with E-state index < -0.39 is 0 Å². The van der Waals surface area contributed by atoms with Gasteiger partial charge < -0.3 is 8.94 Å². The molecule has 0 radical (unpaired) electrons. The summed E-state index contributed by atoms with van der Waals surface area (Å²) in [4.78, 5) is 4.43. The summed E-state index contributed by atoms with van der Waals surface area (Å²) in [5.41, 5.74) is 2.38. The van der Waals surface area contributed by atoms with Gasteiger partial charge >= 0.3 is 0 Å². The lowest BCUT2D eigenvalue weighted by molar-refractivity contribution is 0.428. The van der Waals surface area contributed by atoms with Gasteiger partial charge in [-0.15, -0.1) is 0 Å². The normalized spacial score (nSPS) is 15.9. The Bertz CT molecular complexity index is 780. The lowest BCUT2D eigenvalue weighted by atomic mass is 9.84.